The van der Waals surface area contributed by atoms with Crippen LogP contribution in [0.4, 0.5) is 21.5 Å². The van der Waals surface area contributed by atoms with Crippen LogP contribution in [0.15, 0.2) is 27.8 Å². The molecule has 0 spiro atoms. The van der Waals surface area contributed by atoms with Crippen molar-refractivity contribution in [3.63, 3.8) is 0 Å². The maximum Gasteiger partial charge on any atom is 0.253 e. The van der Waals surface area contributed by atoms with Crippen LogP contribution in [-0.4, -0.2) is 7.05 Å². The van der Waals surface area contributed by atoms with Crippen LogP contribution in [0, 0.1) is 5.82 Å². The molecule has 2 rings (SSSR count). The summed E-state index contributed by atoms with van der Waals surface area (Å²) in [7, 11) is 1.70. The summed E-state index contributed by atoms with van der Waals surface area (Å²) in [5.74, 6) is -0.473. The van der Waals surface area contributed by atoms with E-state index in [1.54, 1.807) is 19.2 Å². The summed E-state index contributed by atoms with van der Waals surface area (Å²) in [6.07, 6.45) is 0. The maximum absolute atomic E-state index is 14.0. The van der Waals surface area contributed by atoms with Crippen molar-refractivity contribution in [2.24, 2.45) is 0 Å². The summed E-state index contributed by atoms with van der Waals surface area (Å²) in [5, 5.41) is 5.39. The number of nitrogen functional groups attached to an aromatic ring is 1. The van der Waals surface area contributed by atoms with Crippen LogP contribution in [0.5, 0.6) is 0 Å². The normalized spacial score (nSPS) is 10.8. The molecule has 5 nitrogen and oxygen atoms in total. The second kappa shape index (κ2) is 4.58. The molecule has 0 amide bonds. The fourth-order valence-corrected chi connectivity index (χ4v) is 1.67. The van der Waals surface area contributed by atoms with Crippen molar-refractivity contribution in [1.29, 1.82) is 0 Å². The van der Waals surface area contributed by atoms with Gasteiger partial charge in [-0.25, -0.2) is 4.39 Å². The van der Waals surface area contributed by atoms with Gasteiger partial charge in [-0.3, -0.25) is 9.59 Å². The molecule has 0 aliphatic rings. The Balaban J connectivity index is 2.33. The van der Waals surface area contributed by atoms with Gasteiger partial charge >= 0.3 is 0 Å². The summed E-state index contributed by atoms with van der Waals surface area (Å²) in [5.41, 5.74) is 4.30. The van der Waals surface area contributed by atoms with E-state index in [1.807, 2.05) is 0 Å². The van der Waals surface area contributed by atoms with E-state index in [1.165, 1.54) is 6.07 Å². The lowest BCUT2D eigenvalue weighted by molar-refractivity contribution is 0.605. The molecule has 6 heteroatoms. The molecule has 0 saturated heterocycles. The van der Waals surface area contributed by atoms with E-state index in [0.29, 0.717) is 12.1 Å². The molecule has 0 fully saturated rings. The lowest BCUT2D eigenvalue weighted by Gasteiger charge is -2.12. The molecule has 0 aromatic heterocycles. The van der Waals surface area contributed by atoms with Gasteiger partial charge < -0.3 is 16.4 Å². The van der Waals surface area contributed by atoms with Crippen molar-refractivity contribution in [3.05, 3.63) is 50.0 Å². The average Bonchev–Trinajstić information content (AvgIpc) is 2.38. The number of hydrogen-bond donors (Lipinski definition) is 3. The fraction of sp³-hybridized carbons (Fsp3) is 0.167. The molecule has 0 bridgehead atoms. The predicted molar refractivity (Wildman–Crippen MR) is 68.2 cm³/mol. The Bertz CT molecular complexity index is 660. The van der Waals surface area contributed by atoms with Crippen LogP contribution in [0.2, 0.25) is 0 Å². The topological polar surface area (TPSA) is 84.2 Å². The molecule has 18 heavy (non-hydrogen) atoms. The van der Waals surface area contributed by atoms with Crippen LogP contribution in [0.25, 0.3) is 0 Å². The zero-order valence-electron chi connectivity index (χ0n) is 9.71. The Morgan fingerprint density at radius 3 is 2.61 bits per heavy atom. The smallest absolute Gasteiger partial charge is 0.253 e. The quantitative estimate of drug-likeness (QED) is 0.686. The van der Waals surface area contributed by atoms with Gasteiger partial charge in [0.05, 0.1) is 5.69 Å². The Labute approximate surface area is 102 Å². The second-order valence-corrected chi connectivity index (χ2v) is 3.88. The van der Waals surface area contributed by atoms with Crippen molar-refractivity contribution >= 4 is 17.1 Å². The van der Waals surface area contributed by atoms with E-state index >= 15 is 0 Å². The van der Waals surface area contributed by atoms with Crippen molar-refractivity contribution in [3.8, 4) is 0 Å². The van der Waals surface area contributed by atoms with E-state index in [4.69, 9.17) is 5.73 Å². The summed E-state index contributed by atoms with van der Waals surface area (Å²) in [6.45, 7) is 0.364. The zero-order chi connectivity index (χ0) is 13.3. The molecule has 4 N–H and O–H groups in total. The highest BCUT2D eigenvalue weighted by molar-refractivity contribution is 5.76. The minimum Gasteiger partial charge on any atom is -0.394 e. The molecular formula is C12H12FN3O2. The van der Waals surface area contributed by atoms with Gasteiger partial charge in [-0.15, -0.1) is 0 Å². The summed E-state index contributed by atoms with van der Waals surface area (Å²) >= 11 is 0. The van der Waals surface area contributed by atoms with Gasteiger partial charge in [0.15, 0.2) is 5.82 Å². The largest absolute Gasteiger partial charge is 0.394 e. The van der Waals surface area contributed by atoms with E-state index < -0.39 is 16.7 Å². The molecule has 0 heterocycles. The maximum atomic E-state index is 14.0. The van der Waals surface area contributed by atoms with Crippen molar-refractivity contribution in [2.45, 2.75) is 6.54 Å². The van der Waals surface area contributed by atoms with Crippen LogP contribution in [0.3, 0.4) is 0 Å². The third-order valence-corrected chi connectivity index (χ3v) is 2.65. The Morgan fingerprint density at radius 2 is 2.00 bits per heavy atom. The summed E-state index contributed by atoms with van der Waals surface area (Å²) in [6, 6.07) is 4.76. The van der Waals surface area contributed by atoms with Gasteiger partial charge in [0.1, 0.15) is 11.4 Å². The lowest BCUT2D eigenvalue weighted by Crippen LogP contribution is -2.36. The SMILES string of the molecule is CNCc1cccc(Nc2c(N)c(=O)c2=O)c1F. The third-order valence-electron chi connectivity index (χ3n) is 2.65. The highest BCUT2D eigenvalue weighted by Crippen LogP contribution is 2.23. The monoisotopic (exact) mass is 249 g/mol. The summed E-state index contributed by atoms with van der Waals surface area (Å²) in [4.78, 5) is 22.2. The van der Waals surface area contributed by atoms with Crippen molar-refractivity contribution in [1.82, 2.24) is 5.32 Å². The van der Waals surface area contributed by atoms with Crippen molar-refractivity contribution in [2.75, 3.05) is 18.1 Å². The number of nitrogens with one attached hydrogen (secondary N) is 2. The molecule has 2 aromatic carbocycles. The number of hydrogen-bond acceptors (Lipinski definition) is 5. The molecule has 0 atom stereocenters. The number of anilines is 3. The number of rotatable bonds is 4. The first kappa shape index (κ1) is 12.3. The van der Waals surface area contributed by atoms with Crippen LogP contribution in [-0.2, 0) is 6.54 Å². The molecule has 0 aliphatic carbocycles. The standard InChI is InChI=1S/C12H12FN3O2/c1-15-5-6-3-2-4-7(8(6)13)16-10-9(14)11(17)12(10)18/h2-4,15-16H,5,14H2,1H3. The minimum atomic E-state index is -0.732. The Kier molecular flexibility index (Phi) is 3.12. The van der Waals surface area contributed by atoms with E-state index in [9.17, 15) is 14.0 Å². The molecule has 0 radical (unpaired) electrons. The molecule has 0 unspecified atom stereocenters. The van der Waals surface area contributed by atoms with Crippen molar-refractivity contribution < 1.29 is 4.39 Å². The van der Waals surface area contributed by atoms with Gasteiger partial charge in [0, 0.05) is 12.1 Å². The van der Waals surface area contributed by atoms with Crippen LogP contribution < -0.4 is 27.2 Å². The van der Waals surface area contributed by atoms with Crippen LogP contribution in [0.1, 0.15) is 5.56 Å². The fourth-order valence-electron chi connectivity index (χ4n) is 1.67. The molecule has 94 valence electrons. The first-order valence-corrected chi connectivity index (χ1v) is 5.34. The molecular weight excluding hydrogens is 237 g/mol. The first-order chi connectivity index (χ1) is 8.56. The van der Waals surface area contributed by atoms with E-state index in [2.05, 4.69) is 10.6 Å². The highest BCUT2D eigenvalue weighted by atomic mass is 19.1. The molecule has 0 aliphatic heterocycles. The zero-order valence-corrected chi connectivity index (χ0v) is 9.71. The van der Waals surface area contributed by atoms with Crippen LogP contribution >= 0.6 is 0 Å². The highest BCUT2D eigenvalue weighted by Gasteiger charge is 2.19. The average molecular weight is 249 g/mol. The van der Waals surface area contributed by atoms with Gasteiger partial charge in [-0.1, -0.05) is 12.1 Å². The predicted octanol–water partition coefficient (Wildman–Crippen LogP) is 0.467. The van der Waals surface area contributed by atoms with Gasteiger partial charge in [-0.2, -0.15) is 0 Å². The number of halogens is 1. The summed E-state index contributed by atoms with van der Waals surface area (Å²) < 4.78 is 14.0. The minimum absolute atomic E-state index is 0.0412. The second-order valence-electron chi connectivity index (χ2n) is 3.88. The molecule has 0 saturated carbocycles. The number of nitrogens with two attached hydrogens (primary N) is 1. The van der Waals surface area contributed by atoms with Gasteiger partial charge in [-0.05, 0) is 13.1 Å². The molecule has 2 aromatic rings. The Hall–Kier alpha value is -2.21. The first-order valence-electron chi connectivity index (χ1n) is 5.34. The number of benzene rings is 1. The van der Waals surface area contributed by atoms with E-state index in [0.717, 1.165) is 0 Å². The lowest BCUT2D eigenvalue weighted by atomic mass is 10.1. The third kappa shape index (κ3) is 1.86. The van der Waals surface area contributed by atoms with Gasteiger partial charge in [0.25, 0.3) is 10.9 Å². The van der Waals surface area contributed by atoms with E-state index in [-0.39, 0.29) is 17.1 Å². The van der Waals surface area contributed by atoms with Gasteiger partial charge in [0.2, 0.25) is 0 Å². The Morgan fingerprint density at radius 1 is 1.28 bits per heavy atom.